The molecule has 0 aromatic carbocycles. The zero-order valence-corrected chi connectivity index (χ0v) is 8.88. The molecule has 0 saturated heterocycles. The van der Waals surface area contributed by atoms with E-state index in [9.17, 15) is 13.6 Å². The van der Waals surface area contributed by atoms with Gasteiger partial charge in [-0.2, -0.15) is 8.78 Å². The molecule has 0 rings (SSSR count). The van der Waals surface area contributed by atoms with Crippen LogP contribution in [0.15, 0.2) is 0 Å². The predicted molar refractivity (Wildman–Crippen MR) is 45.3 cm³/mol. The van der Waals surface area contributed by atoms with Crippen LogP contribution in [0.4, 0.5) is 8.78 Å². The van der Waals surface area contributed by atoms with E-state index in [0.29, 0.717) is 0 Å². The van der Waals surface area contributed by atoms with E-state index in [0.717, 1.165) is 0 Å². The molecule has 1 amide bonds. The summed E-state index contributed by atoms with van der Waals surface area (Å²) in [5.41, 5.74) is 0. The van der Waals surface area contributed by atoms with Crippen molar-refractivity contribution in [2.75, 3.05) is 6.54 Å². The number of carbonyl (C=O) groups excluding carboxylic acids is 1. The summed E-state index contributed by atoms with van der Waals surface area (Å²) in [5.74, 6) is -0.455. The number of nitrogens with one attached hydrogen (secondary N) is 1. The van der Waals surface area contributed by atoms with Crippen molar-refractivity contribution < 1.29 is 13.6 Å². The number of hydrogen-bond donors (Lipinski definition) is 1. The molecule has 11 heavy (non-hydrogen) atoms. The van der Waals surface area contributed by atoms with Crippen LogP contribution in [0.2, 0.25) is 0 Å². The third kappa shape index (κ3) is 6.68. The Morgan fingerprint density at radius 1 is 1.73 bits per heavy atom. The zero-order valence-electron chi connectivity index (χ0n) is 5.70. The van der Waals surface area contributed by atoms with Gasteiger partial charge in [0.15, 0.2) is 0 Å². The summed E-state index contributed by atoms with van der Waals surface area (Å²) in [6.07, 6.45) is 0. The van der Waals surface area contributed by atoms with Gasteiger partial charge >= 0.3 is 4.83 Å². The van der Waals surface area contributed by atoms with Crippen LogP contribution >= 0.6 is 31.9 Å². The quantitative estimate of drug-likeness (QED) is 0.791. The fraction of sp³-hybridized carbons (Fsp3) is 0.800. The number of carbonyl (C=O) groups is 1. The molecule has 66 valence electrons. The van der Waals surface area contributed by atoms with Gasteiger partial charge in [0.25, 0.3) is 0 Å². The van der Waals surface area contributed by atoms with Crippen molar-refractivity contribution in [3.8, 4) is 0 Å². The van der Waals surface area contributed by atoms with Crippen LogP contribution in [-0.2, 0) is 4.79 Å². The largest absolute Gasteiger partial charge is 0.348 e. The molecule has 1 unspecified atom stereocenters. The van der Waals surface area contributed by atoms with E-state index in [1.165, 1.54) is 0 Å². The minimum absolute atomic E-state index is 0.447. The first kappa shape index (κ1) is 11.3. The normalized spacial score (nSPS) is 14.3. The number of hydrogen-bond acceptors (Lipinski definition) is 1. The number of rotatable bonds is 3. The van der Waals surface area contributed by atoms with Crippen LogP contribution in [0.25, 0.3) is 0 Å². The lowest BCUT2D eigenvalue weighted by Crippen LogP contribution is -2.36. The van der Waals surface area contributed by atoms with Gasteiger partial charge in [0.05, 0.1) is 11.4 Å². The van der Waals surface area contributed by atoms with Crippen LogP contribution in [0.3, 0.4) is 0 Å². The maximum atomic E-state index is 12.0. The van der Waals surface area contributed by atoms with E-state index >= 15 is 0 Å². The van der Waals surface area contributed by atoms with Gasteiger partial charge in [0, 0.05) is 0 Å². The fourth-order valence-corrected chi connectivity index (χ4v) is 0.630. The highest BCUT2D eigenvalue weighted by molar-refractivity contribution is 9.10. The van der Waals surface area contributed by atoms with Crippen LogP contribution < -0.4 is 5.32 Å². The Morgan fingerprint density at radius 3 is 2.45 bits per heavy atom. The molecule has 0 heterocycles. The lowest BCUT2D eigenvalue weighted by atomic mass is 10.4. The van der Waals surface area contributed by atoms with Gasteiger partial charge in [-0.3, -0.25) is 4.79 Å². The monoisotopic (exact) mass is 293 g/mol. The minimum atomic E-state index is -3.02. The first-order valence-corrected chi connectivity index (χ1v) is 4.52. The van der Waals surface area contributed by atoms with E-state index in [2.05, 4.69) is 31.9 Å². The van der Waals surface area contributed by atoms with Gasteiger partial charge in [-0.15, -0.1) is 0 Å². The molecule has 0 fully saturated rings. The van der Waals surface area contributed by atoms with Crippen molar-refractivity contribution >= 4 is 37.8 Å². The molecule has 0 saturated carbocycles. The van der Waals surface area contributed by atoms with E-state index in [-0.39, 0.29) is 0 Å². The summed E-state index contributed by atoms with van der Waals surface area (Å²) in [6, 6.07) is 0. The molecular weight excluding hydrogens is 288 g/mol. The van der Waals surface area contributed by atoms with Gasteiger partial charge in [-0.1, -0.05) is 15.9 Å². The third-order valence-electron chi connectivity index (χ3n) is 0.824. The Labute approximate surface area is 80.0 Å². The lowest BCUT2D eigenvalue weighted by Gasteiger charge is -2.10. The van der Waals surface area contributed by atoms with Gasteiger partial charge in [-0.25, -0.2) is 0 Å². The third-order valence-corrected chi connectivity index (χ3v) is 1.52. The van der Waals surface area contributed by atoms with E-state index in [4.69, 9.17) is 0 Å². The standard InChI is InChI=1S/C5H7Br2F2NO/c1-3(6)4(11)10-2-5(7,8)9/h3H,2H2,1H3,(H,10,11). The Morgan fingerprint density at radius 2 is 2.18 bits per heavy atom. The second-order valence-corrected chi connectivity index (χ2v) is 4.48. The number of halogens is 4. The first-order valence-electron chi connectivity index (χ1n) is 2.81. The van der Waals surface area contributed by atoms with Crippen molar-refractivity contribution in [1.29, 1.82) is 0 Å². The highest BCUT2D eigenvalue weighted by atomic mass is 79.9. The molecule has 0 radical (unpaired) electrons. The van der Waals surface area contributed by atoms with Crippen molar-refractivity contribution in [3.05, 3.63) is 0 Å². The maximum Gasteiger partial charge on any atom is 0.318 e. The highest BCUT2D eigenvalue weighted by Gasteiger charge is 2.24. The van der Waals surface area contributed by atoms with Gasteiger partial charge in [0.2, 0.25) is 5.91 Å². The Bertz CT molecular complexity index is 146. The lowest BCUT2D eigenvalue weighted by molar-refractivity contribution is -0.121. The van der Waals surface area contributed by atoms with E-state index in [1.807, 2.05) is 5.32 Å². The number of amides is 1. The number of alkyl halides is 4. The average Bonchev–Trinajstić information content (AvgIpc) is 1.80. The van der Waals surface area contributed by atoms with E-state index in [1.54, 1.807) is 6.92 Å². The summed E-state index contributed by atoms with van der Waals surface area (Å²) in [5, 5.41) is 2.04. The minimum Gasteiger partial charge on any atom is -0.348 e. The van der Waals surface area contributed by atoms with Crippen molar-refractivity contribution in [1.82, 2.24) is 5.32 Å². The smallest absolute Gasteiger partial charge is 0.318 e. The Balaban J connectivity index is 3.64. The molecule has 1 N–H and O–H groups in total. The molecule has 1 atom stereocenters. The molecule has 0 aliphatic heterocycles. The van der Waals surface area contributed by atoms with Crippen molar-refractivity contribution in [2.45, 2.75) is 16.6 Å². The maximum absolute atomic E-state index is 12.0. The Kier molecular flexibility index (Phi) is 4.46. The Hall–Kier alpha value is 0.290. The highest BCUT2D eigenvalue weighted by Crippen LogP contribution is 2.19. The van der Waals surface area contributed by atoms with Crippen molar-refractivity contribution in [2.24, 2.45) is 0 Å². The van der Waals surface area contributed by atoms with Gasteiger partial charge in [0.1, 0.15) is 0 Å². The second kappa shape index (κ2) is 4.35. The molecule has 0 aliphatic rings. The van der Waals surface area contributed by atoms with Gasteiger partial charge in [-0.05, 0) is 22.9 Å². The molecule has 0 aromatic rings. The van der Waals surface area contributed by atoms with Crippen LogP contribution in [-0.4, -0.2) is 22.1 Å². The first-order chi connectivity index (χ1) is 4.83. The zero-order chi connectivity index (χ0) is 9.07. The van der Waals surface area contributed by atoms with Crippen LogP contribution in [0, 0.1) is 0 Å². The van der Waals surface area contributed by atoms with Gasteiger partial charge < -0.3 is 5.32 Å². The summed E-state index contributed by atoms with van der Waals surface area (Å²) >= 11 is 5.03. The SMILES string of the molecule is CC(Br)C(=O)NCC(F)(F)Br. The fourth-order valence-electron chi connectivity index (χ4n) is 0.328. The van der Waals surface area contributed by atoms with Crippen LogP contribution in [0.1, 0.15) is 6.92 Å². The van der Waals surface area contributed by atoms with E-state index < -0.39 is 22.1 Å². The molecule has 6 heteroatoms. The van der Waals surface area contributed by atoms with Crippen LogP contribution in [0.5, 0.6) is 0 Å². The molecule has 0 aliphatic carbocycles. The molecule has 0 bridgehead atoms. The predicted octanol–water partition coefficient (Wildman–Crippen LogP) is 1.87. The summed E-state index contributed by atoms with van der Waals surface area (Å²) in [4.78, 5) is 7.21. The summed E-state index contributed by atoms with van der Waals surface area (Å²) in [6.45, 7) is 0.865. The average molecular weight is 295 g/mol. The molecular formula is C5H7Br2F2NO. The summed E-state index contributed by atoms with van der Waals surface area (Å²) < 4.78 is 24.1. The second-order valence-electron chi connectivity index (χ2n) is 1.95. The molecule has 2 nitrogen and oxygen atoms in total. The topological polar surface area (TPSA) is 29.1 Å². The molecule has 0 spiro atoms. The summed E-state index contributed by atoms with van der Waals surface area (Å²) in [7, 11) is 0. The molecule has 0 aromatic heterocycles. The van der Waals surface area contributed by atoms with Crippen molar-refractivity contribution in [3.63, 3.8) is 0 Å².